The summed E-state index contributed by atoms with van der Waals surface area (Å²) in [6.07, 6.45) is 0.635. The fourth-order valence-corrected chi connectivity index (χ4v) is 3.71. The molecule has 3 amide bonds. The summed E-state index contributed by atoms with van der Waals surface area (Å²) in [7, 11) is -3.69. The normalized spacial score (nSPS) is 11.9. The highest BCUT2D eigenvalue weighted by Crippen LogP contribution is 2.12. The number of benzene rings is 2. The van der Waals surface area contributed by atoms with Crippen LogP contribution in [0.1, 0.15) is 36.2 Å². The van der Waals surface area contributed by atoms with Gasteiger partial charge in [-0.1, -0.05) is 37.3 Å². The highest BCUT2D eigenvalue weighted by Gasteiger charge is 2.18. The molecule has 1 atom stereocenters. The molecule has 0 bridgehead atoms. The predicted octanol–water partition coefficient (Wildman–Crippen LogP) is 1.95. The van der Waals surface area contributed by atoms with Gasteiger partial charge in [-0.2, -0.15) is 0 Å². The number of carbonyl (C=O) groups is 3. The molecule has 31 heavy (non-hydrogen) atoms. The SMILES string of the molecule is CCC(C)NS(=O)(=O)c1ccc(C(=O)OCC(=O)NC(=O)NCc2ccccc2)cc1. The van der Waals surface area contributed by atoms with Gasteiger partial charge in [-0.3, -0.25) is 10.1 Å². The van der Waals surface area contributed by atoms with E-state index in [0.717, 1.165) is 5.56 Å². The van der Waals surface area contributed by atoms with Gasteiger partial charge in [-0.15, -0.1) is 0 Å². The molecule has 2 aromatic rings. The minimum absolute atomic E-state index is 0.0113. The fourth-order valence-electron chi connectivity index (χ4n) is 2.39. The number of ether oxygens (including phenoxy) is 1. The number of rotatable bonds is 9. The second-order valence-electron chi connectivity index (χ2n) is 6.75. The van der Waals surface area contributed by atoms with E-state index in [-0.39, 0.29) is 23.0 Å². The molecule has 0 saturated heterocycles. The van der Waals surface area contributed by atoms with E-state index in [9.17, 15) is 22.8 Å². The zero-order valence-corrected chi connectivity index (χ0v) is 18.1. The van der Waals surface area contributed by atoms with Crippen molar-refractivity contribution < 1.29 is 27.5 Å². The highest BCUT2D eigenvalue weighted by molar-refractivity contribution is 7.89. The van der Waals surface area contributed by atoms with E-state index in [4.69, 9.17) is 4.74 Å². The topological polar surface area (TPSA) is 131 Å². The van der Waals surface area contributed by atoms with Crippen LogP contribution in [0.15, 0.2) is 59.5 Å². The summed E-state index contributed by atoms with van der Waals surface area (Å²) in [5.74, 6) is -1.62. The monoisotopic (exact) mass is 447 g/mol. The summed E-state index contributed by atoms with van der Waals surface area (Å²) < 4.78 is 31.8. The second kappa shape index (κ2) is 11.2. The van der Waals surface area contributed by atoms with Gasteiger partial charge in [0, 0.05) is 12.6 Å². The van der Waals surface area contributed by atoms with Crippen LogP contribution in [0.25, 0.3) is 0 Å². The molecule has 1 unspecified atom stereocenters. The summed E-state index contributed by atoms with van der Waals surface area (Å²) in [6, 6.07) is 13.3. The van der Waals surface area contributed by atoms with Crippen molar-refractivity contribution in [1.82, 2.24) is 15.4 Å². The molecule has 10 heteroatoms. The Hall–Kier alpha value is -3.24. The number of amides is 3. The van der Waals surface area contributed by atoms with Crippen molar-refractivity contribution in [3.63, 3.8) is 0 Å². The molecule has 0 saturated carbocycles. The Labute approximate surface area is 181 Å². The van der Waals surface area contributed by atoms with Gasteiger partial charge in [0.2, 0.25) is 10.0 Å². The van der Waals surface area contributed by atoms with E-state index in [1.165, 1.54) is 24.3 Å². The van der Waals surface area contributed by atoms with Gasteiger partial charge in [0.25, 0.3) is 5.91 Å². The van der Waals surface area contributed by atoms with Crippen LogP contribution in [-0.2, 0) is 26.1 Å². The van der Waals surface area contributed by atoms with E-state index >= 15 is 0 Å². The lowest BCUT2D eigenvalue weighted by Gasteiger charge is -2.12. The van der Waals surface area contributed by atoms with E-state index in [1.54, 1.807) is 6.92 Å². The average Bonchev–Trinajstić information content (AvgIpc) is 2.76. The largest absolute Gasteiger partial charge is 0.452 e. The summed E-state index contributed by atoms with van der Waals surface area (Å²) in [5.41, 5.74) is 0.935. The van der Waals surface area contributed by atoms with Gasteiger partial charge in [0.1, 0.15) is 0 Å². The first-order chi connectivity index (χ1) is 14.7. The third-order valence-electron chi connectivity index (χ3n) is 4.25. The molecule has 3 N–H and O–H groups in total. The number of carbonyl (C=O) groups excluding carboxylic acids is 3. The summed E-state index contributed by atoms with van der Waals surface area (Å²) >= 11 is 0. The van der Waals surface area contributed by atoms with Gasteiger partial charge in [-0.25, -0.2) is 22.7 Å². The molecular formula is C21H25N3O6S. The van der Waals surface area contributed by atoms with E-state index in [0.29, 0.717) is 6.42 Å². The molecule has 0 radical (unpaired) electrons. The molecule has 166 valence electrons. The third kappa shape index (κ3) is 7.83. The van der Waals surface area contributed by atoms with Gasteiger partial charge in [0.15, 0.2) is 6.61 Å². The summed E-state index contributed by atoms with van der Waals surface area (Å²) in [4.78, 5) is 35.6. The van der Waals surface area contributed by atoms with Gasteiger partial charge in [0.05, 0.1) is 10.5 Å². The first kappa shape index (κ1) is 24.0. The lowest BCUT2D eigenvalue weighted by Crippen LogP contribution is -2.41. The zero-order valence-electron chi connectivity index (χ0n) is 17.3. The Kier molecular flexibility index (Phi) is 8.71. The van der Waals surface area contributed by atoms with Crippen molar-refractivity contribution in [3.05, 3.63) is 65.7 Å². The maximum absolute atomic E-state index is 12.2. The predicted molar refractivity (Wildman–Crippen MR) is 114 cm³/mol. The molecular weight excluding hydrogens is 422 g/mol. The number of hydrogen-bond acceptors (Lipinski definition) is 6. The summed E-state index contributed by atoms with van der Waals surface area (Å²) in [5, 5.41) is 4.57. The molecule has 2 rings (SSSR count). The van der Waals surface area contributed by atoms with Gasteiger partial charge < -0.3 is 10.1 Å². The van der Waals surface area contributed by atoms with Crippen LogP contribution in [0.5, 0.6) is 0 Å². The Balaban J connectivity index is 1.81. The number of urea groups is 1. The molecule has 2 aromatic carbocycles. The number of esters is 1. The Bertz CT molecular complexity index is 1010. The third-order valence-corrected chi connectivity index (χ3v) is 5.86. The fraction of sp³-hybridized carbons (Fsp3) is 0.286. The Morgan fingerprint density at radius 2 is 1.65 bits per heavy atom. The van der Waals surface area contributed by atoms with Crippen molar-refractivity contribution in [1.29, 1.82) is 0 Å². The number of imide groups is 1. The maximum atomic E-state index is 12.2. The highest BCUT2D eigenvalue weighted by atomic mass is 32.2. The lowest BCUT2D eigenvalue weighted by molar-refractivity contribution is -0.123. The van der Waals surface area contributed by atoms with E-state index in [2.05, 4.69) is 15.4 Å². The zero-order chi connectivity index (χ0) is 22.9. The minimum Gasteiger partial charge on any atom is -0.452 e. The van der Waals surface area contributed by atoms with Crippen LogP contribution < -0.4 is 15.4 Å². The van der Waals surface area contributed by atoms with E-state index in [1.807, 2.05) is 37.3 Å². The molecule has 0 spiro atoms. The molecule has 0 fully saturated rings. The van der Waals surface area contributed by atoms with Crippen LogP contribution in [0.4, 0.5) is 4.79 Å². The first-order valence-corrected chi connectivity index (χ1v) is 11.1. The molecule has 9 nitrogen and oxygen atoms in total. The Morgan fingerprint density at radius 1 is 1.00 bits per heavy atom. The van der Waals surface area contributed by atoms with Crippen molar-refractivity contribution in [2.24, 2.45) is 0 Å². The average molecular weight is 448 g/mol. The standard InChI is InChI=1S/C21H25N3O6S/c1-3-15(2)24-31(28,29)18-11-9-17(10-12-18)20(26)30-14-19(25)23-21(27)22-13-16-7-5-4-6-8-16/h4-12,15,24H,3,13-14H2,1-2H3,(H2,22,23,25,27). The van der Waals surface area contributed by atoms with Crippen molar-refractivity contribution in [2.75, 3.05) is 6.61 Å². The van der Waals surface area contributed by atoms with Crippen molar-refractivity contribution in [3.8, 4) is 0 Å². The molecule has 0 aliphatic heterocycles. The van der Waals surface area contributed by atoms with E-state index < -0.39 is 34.5 Å². The Morgan fingerprint density at radius 3 is 2.26 bits per heavy atom. The number of sulfonamides is 1. The maximum Gasteiger partial charge on any atom is 0.338 e. The number of hydrogen-bond donors (Lipinski definition) is 3. The van der Waals surface area contributed by atoms with Gasteiger partial charge in [-0.05, 0) is 43.2 Å². The van der Waals surface area contributed by atoms with Crippen molar-refractivity contribution >= 4 is 27.9 Å². The molecule has 0 heterocycles. The first-order valence-electron chi connectivity index (χ1n) is 9.62. The summed E-state index contributed by atoms with van der Waals surface area (Å²) in [6.45, 7) is 3.18. The second-order valence-corrected chi connectivity index (χ2v) is 8.46. The van der Waals surface area contributed by atoms with Crippen molar-refractivity contribution in [2.45, 2.75) is 37.8 Å². The lowest BCUT2D eigenvalue weighted by atomic mass is 10.2. The number of nitrogens with one attached hydrogen (secondary N) is 3. The minimum atomic E-state index is -3.69. The van der Waals surface area contributed by atoms with Crippen LogP contribution >= 0.6 is 0 Å². The van der Waals surface area contributed by atoms with Crippen LogP contribution in [-0.4, -0.2) is 39.0 Å². The molecule has 0 aromatic heterocycles. The quantitative estimate of drug-likeness (QED) is 0.504. The molecule has 0 aliphatic rings. The van der Waals surface area contributed by atoms with Crippen LogP contribution in [0.3, 0.4) is 0 Å². The van der Waals surface area contributed by atoms with Crippen LogP contribution in [0, 0.1) is 0 Å². The molecule has 0 aliphatic carbocycles. The van der Waals surface area contributed by atoms with Crippen LogP contribution in [0.2, 0.25) is 0 Å². The smallest absolute Gasteiger partial charge is 0.338 e. The van der Waals surface area contributed by atoms with Gasteiger partial charge >= 0.3 is 12.0 Å².